The number of imidazole rings is 1. The summed E-state index contributed by atoms with van der Waals surface area (Å²) < 4.78 is 5.23. The highest BCUT2D eigenvalue weighted by Gasteiger charge is 2.10. The standard InChI is InChI=1S/C18H18ClN7O2/c1-28-11-2-3-12-10(7-21-13(12)6-11)4-5-20-14(27)8-22-16-15-17(24-9-23-15)26-18(19)25-16/h2-3,6-7,9,21H,4-5,8H2,1H3,(H,20,27)(H2,22,23,24,25,26). The lowest BCUT2D eigenvalue weighted by Crippen LogP contribution is -2.31. The van der Waals surface area contributed by atoms with Crippen molar-refractivity contribution in [3.8, 4) is 5.75 Å². The molecule has 0 aliphatic carbocycles. The SMILES string of the molecule is COc1ccc2c(CCNC(=O)CNc3nc(Cl)nc4nc[nH]c34)c[nH]c2c1. The summed E-state index contributed by atoms with van der Waals surface area (Å²) in [5.41, 5.74) is 3.18. The molecule has 144 valence electrons. The van der Waals surface area contributed by atoms with E-state index in [2.05, 4.69) is 35.6 Å². The molecule has 0 spiro atoms. The van der Waals surface area contributed by atoms with Crippen LogP contribution >= 0.6 is 11.6 Å². The number of halogens is 1. The van der Waals surface area contributed by atoms with Gasteiger partial charge in [0.2, 0.25) is 11.2 Å². The third-order valence-electron chi connectivity index (χ3n) is 4.37. The Hall–Kier alpha value is -3.33. The Morgan fingerprint density at radius 2 is 2.18 bits per heavy atom. The van der Waals surface area contributed by atoms with E-state index >= 15 is 0 Å². The number of methoxy groups -OCH3 is 1. The number of nitrogens with zero attached hydrogens (tertiary/aromatic N) is 3. The molecule has 1 amide bonds. The number of fused-ring (bicyclic) bond motifs is 2. The molecular weight excluding hydrogens is 382 g/mol. The van der Waals surface area contributed by atoms with Gasteiger partial charge in [0, 0.05) is 29.7 Å². The van der Waals surface area contributed by atoms with E-state index in [0.29, 0.717) is 29.9 Å². The molecule has 3 heterocycles. The summed E-state index contributed by atoms with van der Waals surface area (Å²) in [5.74, 6) is 1.09. The van der Waals surface area contributed by atoms with Crippen LogP contribution in [0.2, 0.25) is 5.28 Å². The van der Waals surface area contributed by atoms with Gasteiger partial charge in [-0.1, -0.05) is 0 Å². The molecule has 0 unspecified atom stereocenters. The lowest BCUT2D eigenvalue weighted by atomic mass is 10.1. The van der Waals surface area contributed by atoms with E-state index in [1.165, 1.54) is 6.33 Å². The minimum absolute atomic E-state index is 0.0620. The highest BCUT2D eigenvalue weighted by atomic mass is 35.5. The van der Waals surface area contributed by atoms with Gasteiger partial charge in [0.05, 0.1) is 20.0 Å². The second-order valence-corrected chi connectivity index (χ2v) is 6.46. The maximum atomic E-state index is 12.2. The zero-order valence-corrected chi connectivity index (χ0v) is 15.8. The Balaban J connectivity index is 1.32. The molecule has 0 saturated carbocycles. The van der Waals surface area contributed by atoms with Crippen molar-refractivity contribution in [2.45, 2.75) is 6.42 Å². The third-order valence-corrected chi connectivity index (χ3v) is 4.53. The number of carbonyl (C=O) groups excluding carboxylic acids is 1. The van der Waals surface area contributed by atoms with Gasteiger partial charge in [-0.05, 0) is 35.7 Å². The second-order valence-electron chi connectivity index (χ2n) is 6.12. The van der Waals surface area contributed by atoms with Crippen molar-refractivity contribution < 1.29 is 9.53 Å². The summed E-state index contributed by atoms with van der Waals surface area (Å²) >= 11 is 5.88. The Morgan fingerprint density at radius 1 is 1.29 bits per heavy atom. The molecule has 0 saturated heterocycles. The van der Waals surface area contributed by atoms with Crippen LogP contribution in [0.3, 0.4) is 0 Å². The summed E-state index contributed by atoms with van der Waals surface area (Å²) in [6, 6.07) is 5.88. The molecule has 10 heteroatoms. The molecule has 0 radical (unpaired) electrons. The van der Waals surface area contributed by atoms with Gasteiger partial charge >= 0.3 is 0 Å². The number of nitrogens with one attached hydrogen (secondary N) is 4. The van der Waals surface area contributed by atoms with Gasteiger partial charge in [-0.3, -0.25) is 4.79 Å². The van der Waals surface area contributed by atoms with Crippen LogP contribution in [0.4, 0.5) is 5.82 Å². The fourth-order valence-corrected chi connectivity index (χ4v) is 3.16. The lowest BCUT2D eigenvalue weighted by Gasteiger charge is -2.08. The normalized spacial score (nSPS) is 11.1. The zero-order valence-electron chi connectivity index (χ0n) is 15.0. The minimum atomic E-state index is -0.149. The van der Waals surface area contributed by atoms with Gasteiger partial charge in [-0.15, -0.1) is 0 Å². The molecule has 0 aliphatic rings. The van der Waals surface area contributed by atoms with Crippen LogP contribution in [0.25, 0.3) is 22.1 Å². The lowest BCUT2D eigenvalue weighted by molar-refractivity contribution is -0.119. The topological polar surface area (TPSA) is 121 Å². The smallest absolute Gasteiger partial charge is 0.239 e. The van der Waals surface area contributed by atoms with Crippen LogP contribution in [-0.4, -0.2) is 51.0 Å². The molecule has 3 aromatic heterocycles. The molecule has 0 bridgehead atoms. The quantitative estimate of drug-likeness (QED) is 0.354. The van der Waals surface area contributed by atoms with Gasteiger partial charge in [0.15, 0.2) is 11.5 Å². The predicted octanol–water partition coefficient (Wildman–Crippen LogP) is 2.27. The van der Waals surface area contributed by atoms with E-state index in [4.69, 9.17) is 16.3 Å². The van der Waals surface area contributed by atoms with Crippen LogP contribution < -0.4 is 15.4 Å². The van der Waals surface area contributed by atoms with E-state index in [1.807, 2.05) is 24.4 Å². The Morgan fingerprint density at radius 3 is 3.04 bits per heavy atom. The van der Waals surface area contributed by atoms with Gasteiger partial charge in [-0.25, -0.2) is 4.98 Å². The summed E-state index contributed by atoms with van der Waals surface area (Å²) in [7, 11) is 1.64. The van der Waals surface area contributed by atoms with Gasteiger partial charge < -0.3 is 25.3 Å². The van der Waals surface area contributed by atoms with Crippen molar-refractivity contribution in [2.75, 3.05) is 25.5 Å². The van der Waals surface area contributed by atoms with Crippen molar-refractivity contribution in [1.29, 1.82) is 0 Å². The highest BCUT2D eigenvalue weighted by molar-refractivity contribution is 6.28. The van der Waals surface area contributed by atoms with Gasteiger partial charge in [0.25, 0.3) is 0 Å². The summed E-state index contributed by atoms with van der Waals surface area (Å²) in [6.07, 6.45) is 4.16. The first-order valence-electron chi connectivity index (χ1n) is 8.65. The largest absolute Gasteiger partial charge is 0.497 e. The predicted molar refractivity (Wildman–Crippen MR) is 107 cm³/mol. The number of carbonyl (C=O) groups is 1. The zero-order chi connectivity index (χ0) is 19.5. The molecule has 1 aromatic carbocycles. The number of aromatic nitrogens is 5. The number of hydrogen-bond acceptors (Lipinski definition) is 6. The second kappa shape index (κ2) is 7.73. The molecule has 4 aromatic rings. The molecule has 28 heavy (non-hydrogen) atoms. The number of benzene rings is 1. The van der Waals surface area contributed by atoms with E-state index in [1.54, 1.807) is 7.11 Å². The molecule has 0 aliphatic heterocycles. The molecule has 4 N–H and O–H groups in total. The van der Waals surface area contributed by atoms with Crippen LogP contribution in [0.5, 0.6) is 5.75 Å². The van der Waals surface area contributed by atoms with Crippen molar-refractivity contribution in [3.63, 3.8) is 0 Å². The number of rotatable bonds is 7. The van der Waals surface area contributed by atoms with Crippen LogP contribution in [0, 0.1) is 0 Å². The maximum absolute atomic E-state index is 12.2. The highest BCUT2D eigenvalue weighted by Crippen LogP contribution is 2.23. The van der Waals surface area contributed by atoms with Gasteiger partial charge in [-0.2, -0.15) is 9.97 Å². The van der Waals surface area contributed by atoms with Crippen LogP contribution in [0.1, 0.15) is 5.56 Å². The summed E-state index contributed by atoms with van der Waals surface area (Å²) in [5, 5.41) is 7.04. The fourth-order valence-electron chi connectivity index (χ4n) is 3.00. The first kappa shape index (κ1) is 18.1. The molecule has 0 atom stereocenters. The fraction of sp³-hybridized carbons (Fsp3) is 0.222. The number of aromatic amines is 2. The van der Waals surface area contributed by atoms with Crippen LogP contribution in [-0.2, 0) is 11.2 Å². The van der Waals surface area contributed by atoms with Crippen LogP contribution in [0.15, 0.2) is 30.7 Å². The van der Waals surface area contributed by atoms with Crippen molar-refractivity contribution in [3.05, 3.63) is 41.6 Å². The Bertz CT molecular complexity index is 1140. The number of anilines is 1. The van der Waals surface area contributed by atoms with Crippen molar-refractivity contribution in [1.82, 2.24) is 30.2 Å². The molecular formula is C18H18ClN7O2. The number of ether oxygens (including phenoxy) is 1. The van der Waals surface area contributed by atoms with Crippen molar-refractivity contribution >= 4 is 45.4 Å². The Kier molecular flexibility index (Phi) is 4.98. The average Bonchev–Trinajstić information content (AvgIpc) is 3.32. The molecule has 9 nitrogen and oxygen atoms in total. The van der Waals surface area contributed by atoms with E-state index < -0.39 is 0 Å². The molecule has 0 fully saturated rings. The third kappa shape index (κ3) is 3.70. The number of hydrogen-bond donors (Lipinski definition) is 4. The summed E-state index contributed by atoms with van der Waals surface area (Å²) in [6.45, 7) is 0.579. The van der Waals surface area contributed by atoms with E-state index in [-0.39, 0.29) is 17.7 Å². The first-order chi connectivity index (χ1) is 13.6. The monoisotopic (exact) mass is 399 g/mol. The van der Waals surface area contributed by atoms with E-state index in [0.717, 1.165) is 22.2 Å². The van der Waals surface area contributed by atoms with Gasteiger partial charge in [0.1, 0.15) is 11.3 Å². The molecule has 4 rings (SSSR count). The first-order valence-corrected chi connectivity index (χ1v) is 9.03. The average molecular weight is 400 g/mol. The Labute approximate surface area is 164 Å². The maximum Gasteiger partial charge on any atom is 0.239 e. The summed E-state index contributed by atoms with van der Waals surface area (Å²) in [4.78, 5) is 30.4. The van der Waals surface area contributed by atoms with E-state index in [9.17, 15) is 4.79 Å². The van der Waals surface area contributed by atoms with Crippen molar-refractivity contribution in [2.24, 2.45) is 0 Å². The number of H-pyrrole nitrogens is 2. The number of amides is 1. The minimum Gasteiger partial charge on any atom is -0.497 e.